The second kappa shape index (κ2) is 11.0. The van der Waals surface area contributed by atoms with Crippen LogP contribution >= 0.6 is 27.7 Å². The maximum absolute atomic E-state index is 12.8. The molecular formula is C22H19BrN2O6S. The van der Waals surface area contributed by atoms with E-state index in [-0.39, 0.29) is 18.1 Å². The van der Waals surface area contributed by atoms with Crippen LogP contribution < -0.4 is 10.1 Å². The Morgan fingerprint density at radius 1 is 1.16 bits per heavy atom. The fourth-order valence-corrected chi connectivity index (χ4v) is 3.95. The minimum Gasteiger partial charge on any atom is -0.481 e. The highest BCUT2D eigenvalue weighted by atomic mass is 79.9. The molecular weight excluding hydrogens is 500 g/mol. The number of amides is 3. The van der Waals surface area contributed by atoms with E-state index in [1.165, 1.54) is 6.08 Å². The molecule has 10 heteroatoms. The number of ether oxygens (including phenoxy) is 2. The summed E-state index contributed by atoms with van der Waals surface area (Å²) in [6.07, 6.45) is 1.49. The third-order valence-corrected chi connectivity index (χ3v) is 5.54. The fraction of sp³-hybridized carbons (Fsp3) is 0.182. The standard InChI is InChI=1S/C22H19BrN2O6S/c1-2-30-20(27)13-31-17-9-8-15(23)10-14(17)11-18-21(28)25(22(29)32-18)12-19(26)24-16-6-4-3-5-7-16/h3-11H,2,12-13H2,1H3,(H,24,26)/b18-11-. The van der Waals surface area contributed by atoms with Crippen LogP contribution in [-0.2, 0) is 19.1 Å². The number of imide groups is 1. The molecule has 1 aliphatic rings. The first-order valence-electron chi connectivity index (χ1n) is 9.55. The van der Waals surface area contributed by atoms with Gasteiger partial charge in [0.25, 0.3) is 11.1 Å². The Morgan fingerprint density at radius 3 is 2.62 bits per heavy atom. The summed E-state index contributed by atoms with van der Waals surface area (Å²) < 4.78 is 11.1. The van der Waals surface area contributed by atoms with E-state index >= 15 is 0 Å². The Hall–Kier alpha value is -3.11. The highest BCUT2D eigenvalue weighted by molar-refractivity contribution is 9.10. The van der Waals surface area contributed by atoms with E-state index in [4.69, 9.17) is 9.47 Å². The lowest BCUT2D eigenvalue weighted by molar-refractivity contribution is -0.145. The zero-order chi connectivity index (χ0) is 23.1. The van der Waals surface area contributed by atoms with Gasteiger partial charge < -0.3 is 14.8 Å². The van der Waals surface area contributed by atoms with Crippen LogP contribution in [0.4, 0.5) is 10.5 Å². The maximum atomic E-state index is 12.8. The van der Waals surface area contributed by atoms with Gasteiger partial charge in [-0.2, -0.15) is 0 Å². The van der Waals surface area contributed by atoms with Crippen molar-refractivity contribution in [2.75, 3.05) is 25.1 Å². The molecule has 1 aliphatic heterocycles. The molecule has 0 atom stereocenters. The molecule has 0 aliphatic carbocycles. The van der Waals surface area contributed by atoms with Crippen molar-refractivity contribution < 1.29 is 28.7 Å². The first-order chi connectivity index (χ1) is 15.4. The van der Waals surface area contributed by atoms with Crippen LogP contribution in [0.2, 0.25) is 0 Å². The molecule has 1 fully saturated rings. The van der Waals surface area contributed by atoms with Gasteiger partial charge in [-0.1, -0.05) is 34.1 Å². The quantitative estimate of drug-likeness (QED) is 0.415. The molecule has 0 unspecified atom stereocenters. The Balaban J connectivity index is 1.73. The summed E-state index contributed by atoms with van der Waals surface area (Å²) in [5.74, 6) is -1.25. The van der Waals surface area contributed by atoms with Crippen molar-refractivity contribution in [1.29, 1.82) is 0 Å². The minimum absolute atomic E-state index is 0.140. The van der Waals surface area contributed by atoms with Gasteiger partial charge in [0.1, 0.15) is 12.3 Å². The van der Waals surface area contributed by atoms with Crippen molar-refractivity contribution in [1.82, 2.24) is 4.90 Å². The number of nitrogens with zero attached hydrogens (tertiary/aromatic N) is 1. The average Bonchev–Trinajstić information content (AvgIpc) is 3.01. The number of halogens is 1. The zero-order valence-corrected chi connectivity index (χ0v) is 19.4. The Morgan fingerprint density at radius 2 is 1.91 bits per heavy atom. The molecule has 2 aromatic rings. The summed E-state index contributed by atoms with van der Waals surface area (Å²) >= 11 is 4.08. The molecule has 3 rings (SSSR count). The molecule has 32 heavy (non-hydrogen) atoms. The molecule has 1 heterocycles. The molecule has 166 valence electrons. The van der Waals surface area contributed by atoms with Gasteiger partial charge >= 0.3 is 5.97 Å². The molecule has 3 amide bonds. The van der Waals surface area contributed by atoms with Crippen LogP contribution in [0.5, 0.6) is 5.75 Å². The molecule has 1 saturated heterocycles. The summed E-state index contributed by atoms with van der Waals surface area (Å²) in [5, 5.41) is 2.10. The van der Waals surface area contributed by atoms with Crippen molar-refractivity contribution in [2.45, 2.75) is 6.92 Å². The number of esters is 1. The van der Waals surface area contributed by atoms with Gasteiger partial charge in [0.15, 0.2) is 6.61 Å². The summed E-state index contributed by atoms with van der Waals surface area (Å²) in [4.78, 5) is 50.0. The molecule has 0 saturated carbocycles. The minimum atomic E-state index is -0.584. The molecule has 0 spiro atoms. The van der Waals surface area contributed by atoms with Crippen LogP contribution in [0.1, 0.15) is 12.5 Å². The number of rotatable bonds is 8. The Kier molecular flexibility index (Phi) is 8.07. The van der Waals surface area contributed by atoms with Crippen LogP contribution in [-0.4, -0.2) is 47.7 Å². The Bertz CT molecular complexity index is 1070. The van der Waals surface area contributed by atoms with Gasteiger partial charge in [-0.05, 0) is 55.1 Å². The first-order valence-corrected chi connectivity index (χ1v) is 11.2. The molecule has 2 aromatic carbocycles. The van der Waals surface area contributed by atoms with E-state index in [0.29, 0.717) is 21.5 Å². The van der Waals surface area contributed by atoms with Crippen molar-refractivity contribution in [3.05, 3.63) is 63.5 Å². The van der Waals surface area contributed by atoms with Crippen molar-refractivity contribution in [3.8, 4) is 5.75 Å². The first kappa shape index (κ1) is 23.6. The van der Waals surface area contributed by atoms with Crippen molar-refractivity contribution >= 4 is 62.5 Å². The third kappa shape index (κ3) is 6.21. The molecule has 0 bridgehead atoms. The summed E-state index contributed by atoms with van der Waals surface area (Å²) in [6, 6.07) is 13.8. The second-order valence-corrected chi connectivity index (χ2v) is 8.37. The number of hydrogen-bond acceptors (Lipinski definition) is 7. The average molecular weight is 519 g/mol. The van der Waals surface area contributed by atoms with Gasteiger partial charge in [0.2, 0.25) is 5.91 Å². The molecule has 8 nitrogen and oxygen atoms in total. The van der Waals surface area contributed by atoms with Gasteiger partial charge in [0, 0.05) is 15.7 Å². The van der Waals surface area contributed by atoms with E-state index in [2.05, 4.69) is 21.2 Å². The van der Waals surface area contributed by atoms with E-state index in [9.17, 15) is 19.2 Å². The SMILES string of the molecule is CCOC(=O)COc1ccc(Br)cc1/C=C1\SC(=O)N(CC(=O)Nc2ccccc2)C1=O. The number of anilines is 1. The molecule has 0 aromatic heterocycles. The number of hydrogen-bond donors (Lipinski definition) is 1. The summed E-state index contributed by atoms with van der Waals surface area (Å²) in [5.41, 5.74) is 1.06. The van der Waals surface area contributed by atoms with E-state index in [1.807, 2.05) is 6.07 Å². The number of benzene rings is 2. The number of nitrogens with one attached hydrogen (secondary N) is 1. The van der Waals surface area contributed by atoms with Crippen LogP contribution in [0, 0.1) is 0 Å². The normalized spacial score (nSPS) is 14.6. The van der Waals surface area contributed by atoms with Gasteiger partial charge in [0.05, 0.1) is 11.5 Å². The Labute approximate surface area is 197 Å². The predicted molar refractivity (Wildman–Crippen MR) is 124 cm³/mol. The molecule has 0 radical (unpaired) electrons. The topological polar surface area (TPSA) is 102 Å². The van der Waals surface area contributed by atoms with E-state index < -0.39 is 29.6 Å². The van der Waals surface area contributed by atoms with Crippen LogP contribution in [0.25, 0.3) is 6.08 Å². The van der Waals surface area contributed by atoms with Crippen molar-refractivity contribution in [3.63, 3.8) is 0 Å². The lowest BCUT2D eigenvalue weighted by Crippen LogP contribution is -2.36. The number of para-hydroxylation sites is 1. The summed E-state index contributed by atoms with van der Waals surface area (Å²) in [7, 11) is 0. The van der Waals surface area contributed by atoms with E-state index in [0.717, 1.165) is 16.7 Å². The lowest BCUT2D eigenvalue weighted by atomic mass is 10.2. The fourth-order valence-electron chi connectivity index (χ4n) is 2.75. The maximum Gasteiger partial charge on any atom is 0.344 e. The number of carbonyl (C=O) groups excluding carboxylic acids is 4. The molecule has 1 N–H and O–H groups in total. The van der Waals surface area contributed by atoms with Crippen LogP contribution in [0.3, 0.4) is 0 Å². The third-order valence-electron chi connectivity index (χ3n) is 4.14. The lowest BCUT2D eigenvalue weighted by Gasteiger charge is -2.12. The van der Waals surface area contributed by atoms with Crippen molar-refractivity contribution in [2.24, 2.45) is 0 Å². The zero-order valence-electron chi connectivity index (χ0n) is 17.0. The predicted octanol–water partition coefficient (Wildman–Crippen LogP) is 4.07. The van der Waals surface area contributed by atoms with Gasteiger partial charge in [-0.25, -0.2) is 4.79 Å². The monoisotopic (exact) mass is 518 g/mol. The highest BCUT2D eigenvalue weighted by Crippen LogP contribution is 2.34. The van der Waals surface area contributed by atoms with Gasteiger partial charge in [-0.3, -0.25) is 19.3 Å². The van der Waals surface area contributed by atoms with E-state index in [1.54, 1.807) is 49.4 Å². The number of carbonyl (C=O) groups is 4. The largest absolute Gasteiger partial charge is 0.481 e. The number of thioether (sulfide) groups is 1. The van der Waals surface area contributed by atoms with Crippen LogP contribution in [0.15, 0.2) is 57.9 Å². The smallest absolute Gasteiger partial charge is 0.344 e. The second-order valence-electron chi connectivity index (χ2n) is 6.46. The summed E-state index contributed by atoms with van der Waals surface area (Å²) in [6.45, 7) is 1.23. The van der Waals surface area contributed by atoms with Gasteiger partial charge in [-0.15, -0.1) is 0 Å². The highest BCUT2D eigenvalue weighted by Gasteiger charge is 2.36.